The Morgan fingerprint density at radius 1 is 0.933 bits per heavy atom. The lowest BCUT2D eigenvalue weighted by Gasteiger charge is -2.12. The van der Waals surface area contributed by atoms with Gasteiger partial charge in [-0.3, -0.25) is 4.79 Å². The van der Waals surface area contributed by atoms with Gasteiger partial charge in [-0.2, -0.15) is 0 Å². The van der Waals surface area contributed by atoms with Gasteiger partial charge in [0.2, 0.25) is 5.91 Å². The van der Waals surface area contributed by atoms with E-state index in [1.165, 1.54) is 12.1 Å². The molecule has 156 valence electrons. The maximum Gasteiger partial charge on any atom is 0.224 e. The maximum atomic E-state index is 13.0. The fourth-order valence-electron chi connectivity index (χ4n) is 2.99. The van der Waals surface area contributed by atoms with E-state index in [2.05, 4.69) is 10.6 Å². The molecule has 0 aromatic heterocycles. The van der Waals surface area contributed by atoms with Crippen molar-refractivity contribution in [2.75, 3.05) is 10.6 Å². The molecule has 0 heterocycles. The Labute approximate surface area is 177 Å². The molecule has 0 bridgehead atoms. The summed E-state index contributed by atoms with van der Waals surface area (Å²) in [6, 6.07) is 21.8. The zero-order valence-corrected chi connectivity index (χ0v) is 17.3. The highest BCUT2D eigenvalue weighted by Crippen LogP contribution is 2.19. The smallest absolute Gasteiger partial charge is 0.224 e. The van der Waals surface area contributed by atoms with Gasteiger partial charge in [0, 0.05) is 24.3 Å². The molecule has 0 saturated carbocycles. The summed E-state index contributed by atoms with van der Waals surface area (Å²) >= 11 is 0. The average Bonchev–Trinajstić information content (AvgIpc) is 2.72. The predicted octanol–water partition coefficient (Wildman–Crippen LogP) is 6.00. The van der Waals surface area contributed by atoms with E-state index in [9.17, 15) is 9.18 Å². The molecule has 0 saturated heterocycles. The van der Waals surface area contributed by atoms with Gasteiger partial charge in [-0.25, -0.2) is 4.39 Å². The quantitative estimate of drug-likeness (QED) is 0.458. The molecule has 0 atom stereocenters. The van der Waals surface area contributed by atoms with E-state index >= 15 is 0 Å². The third-order valence-corrected chi connectivity index (χ3v) is 4.45. The first-order chi connectivity index (χ1) is 14.5. The monoisotopic (exact) mass is 406 g/mol. The first kappa shape index (κ1) is 21.4. The minimum atomic E-state index is -0.254. The Morgan fingerprint density at radius 3 is 2.43 bits per heavy atom. The van der Waals surface area contributed by atoms with E-state index in [-0.39, 0.29) is 11.7 Å². The zero-order valence-electron chi connectivity index (χ0n) is 17.3. The highest BCUT2D eigenvalue weighted by molar-refractivity contribution is 5.91. The zero-order chi connectivity index (χ0) is 21.3. The molecule has 4 nitrogen and oxygen atoms in total. The van der Waals surface area contributed by atoms with Crippen LogP contribution in [0.2, 0.25) is 0 Å². The van der Waals surface area contributed by atoms with E-state index in [0.717, 1.165) is 28.3 Å². The molecule has 0 radical (unpaired) electrons. The number of rotatable bonds is 9. The largest absolute Gasteiger partial charge is 0.489 e. The van der Waals surface area contributed by atoms with Gasteiger partial charge in [0.15, 0.2) is 0 Å². The van der Waals surface area contributed by atoms with Crippen LogP contribution >= 0.6 is 0 Å². The van der Waals surface area contributed by atoms with Crippen LogP contribution in [0.15, 0.2) is 72.8 Å². The van der Waals surface area contributed by atoms with Gasteiger partial charge in [-0.1, -0.05) is 44.2 Å². The third kappa shape index (κ3) is 6.92. The minimum absolute atomic E-state index is 0.0214. The van der Waals surface area contributed by atoms with Gasteiger partial charge < -0.3 is 15.4 Å². The van der Waals surface area contributed by atoms with Crippen molar-refractivity contribution in [1.82, 2.24) is 0 Å². The Morgan fingerprint density at radius 2 is 1.67 bits per heavy atom. The molecule has 2 N–H and O–H groups in total. The summed E-state index contributed by atoms with van der Waals surface area (Å²) in [5.74, 6) is 0.848. The Hall–Kier alpha value is -3.34. The van der Waals surface area contributed by atoms with Gasteiger partial charge >= 0.3 is 0 Å². The third-order valence-electron chi connectivity index (χ3n) is 4.45. The van der Waals surface area contributed by atoms with Crippen molar-refractivity contribution >= 4 is 17.3 Å². The number of hydrogen-bond acceptors (Lipinski definition) is 3. The molecule has 3 rings (SSSR count). The summed E-state index contributed by atoms with van der Waals surface area (Å²) in [6.07, 6.45) is 0.502. The fourth-order valence-corrected chi connectivity index (χ4v) is 2.99. The van der Waals surface area contributed by atoms with E-state index in [1.807, 2.05) is 62.4 Å². The van der Waals surface area contributed by atoms with E-state index < -0.39 is 0 Å². The summed E-state index contributed by atoms with van der Waals surface area (Å²) in [4.78, 5) is 12.0. The van der Waals surface area contributed by atoms with E-state index in [0.29, 0.717) is 25.5 Å². The summed E-state index contributed by atoms with van der Waals surface area (Å²) in [5.41, 5.74) is 3.69. The molecule has 30 heavy (non-hydrogen) atoms. The van der Waals surface area contributed by atoms with Crippen LogP contribution in [0.1, 0.15) is 31.4 Å². The van der Waals surface area contributed by atoms with Crippen LogP contribution in [-0.2, 0) is 17.9 Å². The SMILES string of the molecule is CC(C)CC(=O)Nc1cccc(NCc2cccc(OCc3ccc(F)cc3)c2)c1. The Kier molecular flexibility index (Phi) is 7.44. The van der Waals surface area contributed by atoms with Gasteiger partial charge in [-0.15, -0.1) is 0 Å². The van der Waals surface area contributed by atoms with Crippen LogP contribution in [-0.4, -0.2) is 5.91 Å². The molecule has 5 heteroatoms. The summed E-state index contributed by atoms with van der Waals surface area (Å²) in [6.45, 7) is 5.05. The molecule has 3 aromatic carbocycles. The second kappa shape index (κ2) is 10.4. The average molecular weight is 407 g/mol. The van der Waals surface area contributed by atoms with Crippen LogP contribution < -0.4 is 15.4 Å². The number of carbonyl (C=O) groups is 1. The molecule has 3 aromatic rings. The van der Waals surface area contributed by atoms with Crippen LogP contribution in [0.25, 0.3) is 0 Å². The number of carbonyl (C=O) groups excluding carboxylic acids is 1. The molecule has 0 spiro atoms. The number of halogens is 1. The number of amides is 1. The van der Waals surface area contributed by atoms with Crippen LogP contribution in [0.5, 0.6) is 5.75 Å². The van der Waals surface area contributed by atoms with Crippen molar-refractivity contribution in [1.29, 1.82) is 0 Å². The predicted molar refractivity (Wildman–Crippen MR) is 119 cm³/mol. The molecular formula is C25H27FN2O2. The fraction of sp³-hybridized carbons (Fsp3) is 0.240. The number of anilines is 2. The molecule has 0 unspecified atom stereocenters. The van der Waals surface area contributed by atoms with Crippen molar-refractivity contribution in [3.8, 4) is 5.75 Å². The van der Waals surface area contributed by atoms with Gasteiger partial charge in [-0.05, 0) is 59.5 Å². The van der Waals surface area contributed by atoms with E-state index in [1.54, 1.807) is 12.1 Å². The van der Waals surface area contributed by atoms with Crippen LogP contribution in [0.4, 0.5) is 15.8 Å². The van der Waals surface area contributed by atoms with Gasteiger partial charge in [0.1, 0.15) is 18.2 Å². The first-order valence-electron chi connectivity index (χ1n) is 10.1. The number of nitrogens with one attached hydrogen (secondary N) is 2. The van der Waals surface area contributed by atoms with Gasteiger partial charge in [0.25, 0.3) is 0 Å². The first-order valence-corrected chi connectivity index (χ1v) is 10.1. The molecule has 0 aliphatic heterocycles. The molecular weight excluding hydrogens is 379 g/mol. The van der Waals surface area contributed by atoms with E-state index in [4.69, 9.17) is 4.74 Å². The molecule has 1 amide bonds. The Bertz CT molecular complexity index is 971. The summed E-state index contributed by atoms with van der Waals surface area (Å²) in [7, 11) is 0. The van der Waals surface area contributed by atoms with Crippen molar-refractivity contribution in [3.05, 3.63) is 89.7 Å². The number of ether oxygens (including phenoxy) is 1. The topological polar surface area (TPSA) is 50.4 Å². The molecule has 0 fully saturated rings. The highest BCUT2D eigenvalue weighted by Gasteiger charge is 2.06. The van der Waals surface area contributed by atoms with Crippen molar-refractivity contribution in [2.24, 2.45) is 5.92 Å². The highest BCUT2D eigenvalue weighted by atomic mass is 19.1. The number of benzene rings is 3. The second-order valence-electron chi connectivity index (χ2n) is 7.64. The van der Waals surface area contributed by atoms with Crippen molar-refractivity contribution in [2.45, 2.75) is 33.4 Å². The second-order valence-corrected chi connectivity index (χ2v) is 7.64. The normalized spacial score (nSPS) is 10.7. The Balaban J connectivity index is 1.54. The minimum Gasteiger partial charge on any atom is -0.489 e. The lowest BCUT2D eigenvalue weighted by atomic mass is 10.1. The van der Waals surface area contributed by atoms with Crippen LogP contribution in [0, 0.1) is 11.7 Å². The molecule has 0 aliphatic carbocycles. The molecule has 0 aliphatic rings. The lowest BCUT2D eigenvalue weighted by Crippen LogP contribution is -2.13. The standard InChI is InChI=1S/C25H27FN2O2/c1-18(2)13-25(29)28-23-7-4-6-22(15-23)27-16-20-5-3-8-24(14-20)30-17-19-9-11-21(26)12-10-19/h3-12,14-15,18,27H,13,16-17H2,1-2H3,(H,28,29). The van der Waals surface area contributed by atoms with Crippen LogP contribution in [0.3, 0.4) is 0 Å². The summed E-state index contributed by atoms with van der Waals surface area (Å²) < 4.78 is 18.8. The summed E-state index contributed by atoms with van der Waals surface area (Å²) in [5, 5.41) is 6.31. The van der Waals surface area contributed by atoms with Crippen molar-refractivity contribution < 1.29 is 13.9 Å². The maximum absolute atomic E-state index is 13.0. The lowest BCUT2D eigenvalue weighted by molar-refractivity contribution is -0.116. The van der Waals surface area contributed by atoms with Gasteiger partial charge in [0.05, 0.1) is 0 Å². The number of hydrogen-bond donors (Lipinski definition) is 2. The van der Waals surface area contributed by atoms with Crippen molar-refractivity contribution in [3.63, 3.8) is 0 Å².